The third kappa shape index (κ3) is 10.4. The molecular weight excluding hydrogens is 664 g/mol. The minimum Gasteiger partial charge on any atom is -0.469 e. The number of carbonyl (C=O) groups excluding carboxylic acids is 6. The molecule has 0 bridgehead atoms. The first-order valence-corrected chi connectivity index (χ1v) is 18.4. The Hall–Kier alpha value is -4.74. The van der Waals surface area contributed by atoms with E-state index in [0.717, 1.165) is 36.0 Å². The number of aryl methyl sites for hydroxylation is 2. The number of likely N-dealkylation sites (tertiary alicyclic amines) is 2. The molecule has 12 heteroatoms. The average molecular weight is 719 g/mol. The van der Waals surface area contributed by atoms with Crippen LogP contribution in [0, 0.1) is 17.8 Å². The van der Waals surface area contributed by atoms with Crippen molar-refractivity contribution in [2.24, 2.45) is 17.8 Å². The lowest BCUT2D eigenvalue weighted by molar-refractivity contribution is -0.149. The summed E-state index contributed by atoms with van der Waals surface area (Å²) in [4.78, 5) is 80.3. The zero-order chi connectivity index (χ0) is 37.9. The van der Waals surface area contributed by atoms with Crippen LogP contribution in [0.3, 0.4) is 0 Å². The molecule has 0 aliphatic carbocycles. The summed E-state index contributed by atoms with van der Waals surface area (Å²) in [5.41, 5.74) is 3.76. The first-order chi connectivity index (χ1) is 24.8. The Morgan fingerprint density at radius 1 is 0.712 bits per heavy atom. The summed E-state index contributed by atoms with van der Waals surface area (Å²) in [5, 5.41) is 5.55. The second kappa shape index (κ2) is 18.7. The molecule has 4 rings (SSSR count). The van der Waals surface area contributed by atoms with Gasteiger partial charge in [0.15, 0.2) is 5.78 Å². The molecule has 2 N–H and O–H groups in total. The van der Waals surface area contributed by atoms with E-state index in [0.29, 0.717) is 38.0 Å². The number of ketones is 1. The number of Topliss-reactive ketones (excluding diaryl/α,β-unsaturated/α-hetero) is 1. The molecule has 0 saturated carbocycles. The Labute approximate surface area is 307 Å². The number of alkyl carbamates (subject to hydrolysis) is 1. The molecular formula is C40H54N4O8. The molecule has 0 radical (unpaired) electrons. The zero-order valence-electron chi connectivity index (χ0n) is 31.3. The number of nitrogens with zero attached hydrogens (tertiary/aromatic N) is 2. The molecule has 0 spiro atoms. The van der Waals surface area contributed by atoms with Gasteiger partial charge in [-0.1, -0.05) is 64.1 Å². The van der Waals surface area contributed by atoms with E-state index in [9.17, 15) is 28.8 Å². The van der Waals surface area contributed by atoms with Gasteiger partial charge in [-0.05, 0) is 79.2 Å². The number of ether oxygens (including phenoxy) is 2. The Kier molecular flexibility index (Phi) is 14.4. The number of hydrogen-bond donors (Lipinski definition) is 2. The number of anilines is 1. The number of carbonyl (C=O) groups is 6. The lowest BCUT2D eigenvalue weighted by atomic mass is 9.90. The van der Waals surface area contributed by atoms with E-state index in [4.69, 9.17) is 4.74 Å². The summed E-state index contributed by atoms with van der Waals surface area (Å²) in [6, 6.07) is 13.7. The molecule has 52 heavy (non-hydrogen) atoms. The van der Waals surface area contributed by atoms with Gasteiger partial charge in [-0.3, -0.25) is 24.0 Å². The molecule has 2 saturated heterocycles. The van der Waals surface area contributed by atoms with Gasteiger partial charge in [0.25, 0.3) is 0 Å². The molecule has 282 valence electrons. The highest BCUT2D eigenvalue weighted by Gasteiger charge is 2.40. The summed E-state index contributed by atoms with van der Waals surface area (Å²) >= 11 is 0. The van der Waals surface area contributed by atoms with Gasteiger partial charge in [0.2, 0.25) is 17.7 Å². The van der Waals surface area contributed by atoms with E-state index in [1.54, 1.807) is 9.80 Å². The van der Waals surface area contributed by atoms with Crippen LogP contribution in [0.4, 0.5) is 10.5 Å². The normalized spacial score (nSPS) is 18.2. The van der Waals surface area contributed by atoms with Gasteiger partial charge < -0.3 is 29.9 Å². The Balaban J connectivity index is 1.27. The Bertz CT molecular complexity index is 1460. The van der Waals surface area contributed by atoms with Crippen molar-refractivity contribution in [1.82, 2.24) is 15.1 Å². The minimum atomic E-state index is -0.789. The van der Waals surface area contributed by atoms with Gasteiger partial charge in [-0.15, -0.1) is 0 Å². The number of amides is 4. The molecule has 12 nitrogen and oxygen atoms in total. The molecule has 2 heterocycles. The van der Waals surface area contributed by atoms with Crippen LogP contribution >= 0.6 is 0 Å². The molecule has 2 aromatic carbocycles. The second-order valence-corrected chi connectivity index (χ2v) is 14.5. The quantitative estimate of drug-likeness (QED) is 0.251. The maximum absolute atomic E-state index is 13.4. The van der Waals surface area contributed by atoms with E-state index < -0.39 is 36.1 Å². The Morgan fingerprint density at radius 2 is 1.25 bits per heavy atom. The topological polar surface area (TPSA) is 151 Å². The van der Waals surface area contributed by atoms with Crippen molar-refractivity contribution in [2.75, 3.05) is 32.6 Å². The SMILES string of the molecule is COC(=O)C[C@H](C(=O)N1CCC[C@H]1C(=O)Cc1ccc(CCc2ccc(NC(=O)[C@@H]3CCCN3C(=O)[C@@H](NC(=O)OC)C(C)C)cc2)cc1)C(C)C. The molecule has 0 unspecified atom stereocenters. The van der Waals surface area contributed by atoms with Gasteiger partial charge in [0, 0.05) is 25.2 Å². The monoisotopic (exact) mass is 718 g/mol. The lowest BCUT2D eigenvalue weighted by Crippen LogP contribution is -2.54. The first kappa shape index (κ1) is 40.0. The largest absolute Gasteiger partial charge is 0.469 e. The summed E-state index contributed by atoms with van der Waals surface area (Å²) in [6.07, 6.45) is 3.75. The molecule has 2 aliphatic rings. The van der Waals surface area contributed by atoms with Crippen LogP contribution in [0.15, 0.2) is 48.5 Å². The number of esters is 1. The van der Waals surface area contributed by atoms with Crippen LogP contribution in [-0.2, 0) is 52.7 Å². The van der Waals surface area contributed by atoms with Crippen LogP contribution in [0.25, 0.3) is 0 Å². The van der Waals surface area contributed by atoms with Gasteiger partial charge in [0.1, 0.15) is 12.1 Å². The highest BCUT2D eigenvalue weighted by atomic mass is 16.5. The summed E-state index contributed by atoms with van der Waals surface area (Å²) in [6.45, 7) is 8.44. The fourth-order valence-corrected chi connectivity index (χ4v) is 7.04. The van der Waals surface area contributed by atoms with Crippen molar-refractivity contribution in [1.29, 1.82) is 0 Å². The molecule has 2 aromatic rings. The van der Waals surface area contributed by atoms with Crippen molar-refractivity contribution in [2.45, 2.75) is 97.2 Å². The van der Waals surface area contributed by atoms with Crippen molar-refractivity contribution in [3.63, 3.8) is 0 Å². The molecule has 2 fully saturated rings. The third-order valence-corrected chi connectivity index (χ3v) is 10.2. The maximum Gasteiger partial charge on any atom is 0.407 e. The van der Waals surface area contributed by atoms with Gasteiger partial charge in [-0.25, -0.2) is 4.79 Å². The van der Waals surface area contributed by atoms with Gasteiger partial charge >= 0.3 is 12.1 Å². The number of rotatable bonds is 15. The molecule has 4 atom stereocenters. The predicted octanol–water partition coefficient (Wildman–Crippen LogP) is 4.72. The van der Waals surface area contributed by atoms with Crippen molar-refractivity contribution >= 4 is 41.3 Å². The highest BCUT2D eigenvalue weighted by Crippen LogP contribution is 2.27. The van der Waals surface area contributed by atoms with Crippen molar-refractivity contribution in [3.05, 3.63) is 65.2 Å². The van der Waals surface area contributed by atoms with E-state index in [-0.39, 0.29) is 48.2 Å². The predicted molar refractivity (Wildman–Crippen MR) is 196 cm³/mol. The van der Waals surface area contributed by atoms with Crippen LogP contribution in [0.1, 0.15) is 76.5 Å². The Morgan fingerprint density at radius 3 is 1.79 bits per heavy atom. The van der Waals surface area contributed by atoms with Crippen LogP contribution in [0.5, 0.6) is 0 Å². The fraction of sp³-hybridized carbons (Fsp3) is 0.550. The number of benzene rings is 2. The van der Waals surface area contributed by atoms with E-state index >= 15 is 0 Å². The standard InChI is InChI=1S/C40H54N4O8/c1-25(2)31(24-35(46)51-5)38(48)43-21-7-9-32(43)34(45)23-29-15-13-27(14-16-29)11-12-28-17-19-30(20-18-28)41-37(47)33-10-8-22-44(33)39(49)36(26(3)4)42-40(50)52-6/h13-20,25-26,31-33,36H,7-12,21-24H2,1-6H3,(H,41,47)(H,42,50)/t31-,32-,33-,36-/m0/s1. The molecule has 2 aliphatic heterocycles. The average Bonchev–Trinajstić information content (AvgIpc) is 3.83. The van der Waals surface area contributed by atoms with Crippen LogP contribution < -0.4 is 10.6 Å². The van der Waals surface area contributed by atoms with Gasteiger partial charge in [-0.2, -0.15) is 0 Å². The van der Waals surface area contributed by atoms with Crippen molar-refractivity contribution in [3.8, 4) is 0 Å². The summed E-state index contributed by atoms with van der Waals surface area (Å²) in [5.74, 6) is -1.87. The number of nitrogens with one attached hydrogen (secondary N) is 2. The maximum atomic E-state index is 13.4. The molecule has 0 aromatic heterocycles. The number of hydrogen-bond acceptors (Lipinski definition) is 8. The lowest BCUT2D eigenvalue weighted by Gasteiger charge is -2.30. The second-order valence-electron chi connectivity index (χ2n) is 14.5. The van der Waals surface area contributed by atoms with Crippen molar-refractivity contribution < 1.29 is 38.2 Å². The van der Waals surface area contributed by atoms with E-state index in [1.807, 2.05) is 76.2 Å². The van der Waals surface area contributed by atoms with Crippen LogP contribution in [0.2, 0.25) is 0 Å². The summed E-state index contributed by atoms with van der Waals surface area (Å²) < 4.78 is 9.48. The highest BCUT2D eigenvalue weighted by molar-refractivity contribution is 5.98. The van der Waals surface area contributed by atoms with E-state index in [2.05, 4.69) is 15.4 Å². The minimum absolute atomic E-state index is 0.00807. The van der Waals surface area contributed by atoms with E-state index in [1.165, 1.54) is 14.2 Å². The third-order valence-electron chi connectivity index (χ3n) is 10.2. The number of methoxy groups -OCH3 is 2. The fourth-order valence-electron chi connectivity index (χ4n) is 7.04. The van der Waals surface area contributed by atoms with Gasteiger partial charge in [0.05, 0.1) is 32.6 Å². The van der Waals surface area contributed by atoms with Crippen LogP contribution in [-0.4, -0.2) is 90.8 Å². The molecule has 4 amide bonds. The summed E-state index contributed by atoms with van der Waals surface area (Å²) in [7, 11) is 2.56. The first-order valence-electron chi connectivity index (χ1n) is 18.4. The smallest absolute Gasteiger partial charge is 0.407 e. The zero-order valence-corrected chi connectivity index (χ0v) is 31.3.